The molecule has 1 N–H and O–H groups in total. The van der Waals surface area contributed by atoms with Crippen molar-refractivity contribution in [1.82, 2.24) is 14.9 Å². The number of hydrogen-bond donors (Lipinski definition) is 1. The van der Waals surface area contributed by atoms with Crippen LogP contribution in [0.3, 0.4) is 0 Å². The molecule has 2 fully saturated rings. The number of imide groups is 1. The van der Waals surface area contributed by atoms with Crippen LogP contribution in [0, 0.1) is 23.7 Å². The van der Waals surface area contributed by atoms with Gasteiger partial charge in [-0.1, -0.05) is 23.8 Å². The SMILES string of the molecule is O=C1C2C3C=CC(C3)C2C(=O)N1CCCNc1ncc(Cl)cn1. The molecule has 7 heteroatoms. The fourth-order valence-electron chi connectivity index (χ4n) is 4.03. The van der Waals surface area contributed by atoms with E-state index in [0.717, 1.165) is 6.42 Å². The number of anilines is 1. The van der Waals surface area contributed by atoms with Crippen molar-refractivity contribution < 1.29 is 9.59 Å². The molecule has 4 rings (SSSR count). The number of hydrogen-bond acceptors (Lipinski definition) is 5. The molecule has 1 aliphatic heterocycles. The molecule has 0 aromatic carbocycles. The first-order valence-corrected chi connectivity index (χ1v) is 8.28. The highest BCUT2D eigenvalue weighted by molar-refractivity contribution is 6.30. The van der Waals surface area contributed by atoms with Crippen molar-refractivity contribution in [3.05, 3.63) is 29.6 Å². The maximum absolute atomic E-state index is 12.5. The Kier molecular flexibility index (Phi) is 3.56. The van der Waals surface area contributed by atoms with Gasteiger partial charge in [0, 0.05) is 13.1 Å². The largest absolute Gasteiger partial charge is 0.354 e. The van der Waals surface area contributed by atoms with Crippen molar-refractivity contribution >= 4 is 29.4 Å². The summed E-state index contributed by atoms with van der Waals surface area (Å²) < 4.78 is 0. The number of nitrogens with zero attached hydrogens (tertiary/aromatic N) is 3. The third kappa shape index (κ3) is 2.41. The Hall–Kier alpha value is -1.95. The Labute approximate surface area is 138 Å². The summed E-state index contributed by atoms with van der Waals surface area (Å²) in [5.41, 5.74) is 0. The van der Waals surface area contributed by atoms with Gasteiger partial charge in [-0.25, -0.2) is 9.97 Å². The van der Waals surface area contributed by atoms with E-state index in [1.165, 1.54) is 17.3 Å². The number of halogens is 1. The summed E-state index contributed by atoms with van der Waals surface area (Å²) >= 11 is 5.73. The minimum absolute atomic E-state index is 0.0135. The normalized spacial score (nSPS) is 31.1. The molecule has 4 atom stereocenters. The molecule has 0 spiro atoms. The predicted molar refractivity (Wildman–Crippen MR) is 84.6 cm³/mol. The molecule has 1 saturated heterocycles. The first-order valence-electron chi connectivity index (χ1n) is 7.90. The third-order valence-electron chi connectivity index (χ3n) is 5.02. The number of nitrogens with one attached hydrogen (secondary N) is 1. The molecule has 23 heavy (non-hydrogen) atoms. The summed E-state index contributed by atoms with van der Waals surface area (Å²) in [5.74, 6) is 0.848. The average Bonchev–Trinajstić information content (AvgIpc) is 3.22. The van der Waals surface area contributed by atoms with Crippen molar-refractivity contribution in [3.63, 3.8) is 0 Å². The van der Waals surface area contributed by atoms with Crippen molar-refractivity contribution in [3.8, 4) is 0 Å². The number of allylic oxidation sites excluding steroid dienone is 2. The van der Waals surface area contributed by atoms with Crippen LogP contribution in [0.4, 0.5) is 5.95 Å². The van der Waals surface area contributed by atoms with Crippen LogP contribution in [0.1, 0.15) is 12.8 Å². The zero-order valence-corrected chi connectivity index (χ0v) is 13.2. The minimum Gasteiger partial charge on any atom is -0.354 e. The Bertz CT molecular complexity index is 645. The van der Waals surface area contributed by atoms with E-state index in [0.29, 0.717) is 30.5 Å². The van der Waals surface area contributed by atoms with E-state index in [9.17, 15) is 9.59 Å². The van der Waals surface area contributed by atoms with Crippen LogP contribution in [0.15, 0.2) is 24.5 Å². The van der Waals surface area contributed by atoms with Gasteiger partial charge in [-0.2, -0.15) is 0 Å². The van der Waals surface area contributed by atoms with Gasteiger partial charge in [0.15, 0.2) is 0 Å². The zero-order valence-electron chi connectivity index (χ0n) is 12.5. The van der Waals surface area contributed by atoms with Crippen LogP contribution in [0.25, 0.3) is 0 Å². The van der Waals surface area contributed by atoms with Crippen molar-refractivity contribution in [1.29, 1.82) is 0 Å². The van der Waals surface area contributed by atoms with Gasteiger partial charge in [0.05, 0.1) is 29.3 Å². The standard InChI is InChI=1S/C16H17ClN4O2/c17-11-7-19-16(20-8-11)18-4-1-5-21-14(22)12-9-2-3-10(6-9)13(12)15(21)23/h2-3,7-10,12-13H,1,4-6H2,(H,18,19,20). The van der Waals surface area contributed by atoms with Crippen LogP contribution < -0.4 is 5.32 Å². The molecular weight excluding hydrogens is 316 g/mol. The van der Waals surface area contributed by atoms with Crippen molar-refractivity contribution in [2.75, 3.05) is 18.4 Å². The second-order valence-electron chi connectivity index (χ2n) is 6.33. The van der Waals surface area contributed by atoms with Crippen molar-refractivity contribution in [2.45, 2.75) is 12.8 Å². The fourth-order valence-corrected chi connectivity index (χ4v) is 4.12. The molecule has 120 valence electrons. The number of carbonyl (C=O) groups is 2. The Balaban J connectivity index is 1.31. The number of carbonyl (C=O) groups excluding carboxylic acids is 2. The lowest BCUT2D eigenvalue weighted by Gasteiger charge is -2.17. The summed E-state index contributed by atoms with van der Waals surface area (Å²) in [6, 6.07) is 0. The highest BCUT2D eigenvalue weighted by Crippen LogP contribution is 2.52. The summed E-state index contributed by atoms with van der Waals surface area (Å²) in [5, 5.41) is 3.55. The average molecular weight is 333 g/mol. The van der Waals surface area contributed by atoms with Gasteiger partial charge < -0.3 is 5.32 Å². The molecule has 6 nitrogen and oxygen atoms in total. The third-order valence-corrected chi connectivity index (χ3v) is 5.22. The quantitative estimate of drug-likeness (QED) is 0.505. The maximum Gasteiger partial charge on any atom is 0.233 e. The topological polar surface area (TPSA) is 75.2 Å². The fraction of sp³-hybridized carbons (Fsp3) is 0.500. The van der Waals surface area contributed by atoms with E-state index in [4.69, 9.17) is 11.6 Å². The van der Waals surface area contributed by atoms with E-state index in [1.807, 2.05) is 0 Å². The Morgan fingerprint density at radius 3 is 2.35 bits per heavy atom. The molecule has 1 aromatic rings. The highest BCUT2D eigenvalue weighted by Gasteiger charge is 2.58. The molecule has 2 aliphatic carbocycles. The second kappa shape index (κ2) is 5.60. The molecule has 4 unspecified atom stereocenters. The van der Waals surface area contributed by atoms with Gasteiger partial charge in [0.2, 0.25) is 17.8 Å². The summed E-state index contributed by atoms with van der Waals surface area (Å²) in [6.07, 6.45) is 8.91. The van der Waals surface area contributed by atoms with E-state index < -0.39 is 0 Å². The smallest absolute Gasteiger partial charge is 0.233 e. The van der Waals surface area contributed by atoms with Crippen LogP contribution >= 0.6 is 11.6 Å². The number of aromatic nitrogens is 2. The van der Waals surface area contributed by atoms with Gasteiger partial charge in [-0.15, -0.1) is 0 Å². The van der Waals surface area contributed by atoms with E-state index in [-0.39, 0.29) is 35.5 Å². The molecule has 2 bridgehead atoms. The number of fused-ring (bicyclic) bond motifs is 5. The number of amides is 2. The second-order valence-corrected chi connectivity index (χ2v) is 6.77. The van der Waals surface area contributed by atoms with Gasteiger partial charge in [-0.05, 0) is 24.7 Å². The summed E-state index contributed by atoms with van der Waals surface area (Å²) in [6.45, 7) is 1.05. The molecule has 2 amide bonds. The first kappa shape index (κ1) is 14.6. The lowest BCUT2D eigenvalue weighted by Crippen LogP contribution is -2.34. The Morgan fingerprint density at radius 1 is 1.13 bits per heavy atom. The first-order chi connectivity index (χ1) is 11.1. The molecule has 1 aromatic heterocycles. The van der Waals surface area contributed by atoms with Crippen LogP contribution in [0.5, 0.6) is 0 Å². The zero-order chi connectivity index (χ0) is 16.0. The minimum atomic E-state index is -0.106. The van der Waals surface area contributed by atoms with Crippen LogP contribution in [-0.2, 0) is 9.59 Å². The van der Waals surface area contributed by atoms with Gasteiger partial charge in [-0.3, -0.25) is 14.5 Å². The summed E-state index contributed by atoms with van der Waals surface area (Å²) in [7, 11) is 0. The van der Waals surface area contributed by atoms with E-state index >= 15 is 0 Å². The monoisotopic (exact) mass is 332 g/mol. The molecule has 2 heterocycles. The van der Waals surface area contributed by atoms with Gasteiger partial charge >= 0.3 is 0 Å². The van der Waals surface area contributed by atoms with Gasteiger partial charge in [0.1, 0.15) is 0 Å². The number of rotatable bonds is 5. The number of likely N-dealkylation sites (tertiary alicyclic amines) is 1. The van der Waals surface area contributed by atoms with Gasteiger partial charge in [0.25, 0.3) is 0 Å². The molecule has 1 saturated carbocycles. The molecule has 0 radical (unpaired) electrons. The van der Waals surface area contributed by atoms with Crippen LogP contribution in [0.2, 0.25) is 5.02 Å². The van der Waals surface area contributed by atoms with E-state index in [2.05, 4.69) is 27.4 Å². The van der Waals surface area contributed by atoms with E-state index in [1.54, 1.807) is 0 Å². The lowest BCUT2D eigenvalue weighted by atomic mass is 9.85. The summed E-state index contributed by atoms with van der Waals surface area (Å²) in [4.78, 5) is 34.5. The molecule has 3 aliphatic rings. The molecular formula is C16H17ClN4O2. The Morgan fingerprint density at radius 2 is 1.74 bits per heavy atom. The maximum atomic E-state index is 12.5. The lowest BCUT2D eigenvalue weighted by molar-refractivity contribution is -0.140. The van der Waals surface area contributed by atoms with Crippen molar-refractivity contribution in [2.24, 2.45) is 23.7 Å². The predicted octanol–water partition coefficient (Wildman–Crippen LogP) is 1.74. The highest BCUT2D eigenvalue weighted by atomic mass is 35.5. The van der Waals surface area contributed by atoms with Crippen LogP contribution in [-0.4, -0.2) is 39.8 Å².